The van der Waals surface area contributed by atoms with Gasteiger partial charge >= 0.3 is 5.97 Å². The van der Waals surface area contributed by atoms with Crippen LogP contribution in [0.5, 0.6) is 5.75 Å². The van der Waals surface area contributed by atoms with E-state index in [0.29, 0.717) is 23.6 Å². The number of aromatic amines is 1. The van der Waals surface area contributed by atoms with E-state index in [1.807, 2.05) is 12.1 Å². The van der Waals surface area contributed by atoms with Gasteiger partial charge in [0.05, 0.1) is 7.11 Å². The highest BCUT2D eigenvalue weighted by molar-refractivity contribution is 5.95. The van der Waals surface area contributed by atoms with Crippen molar-refractivity contribution in [2.45, 2.75) is 12.5 Å². The quantitative estimate of drug-likeness (QED) is 0.564. The van der Waals surface area contributed by atoms with Crippen molar-refractivity contribution in [1.29, 1.82) is 0 Å². The van der Waals surface area contributed by atoms with Gasteiger partial charge in [-0.3, -0.25) is 9.59 Å². The molecule has 0 saturated heterocycles. The Hall–Kier alpha value is -3.94. The Morgan fingerprint density at radius 3 is 2.45 bits per heavy atom. The van der Waals surface area contributed by atoms with Crippen LogP contribution in [-0.2, 0) is 11.2 Å². The molecule has 0 aliphatic carbocycles. The van der Waals surface area contributed by atoms with Gasteiger partial charge in [-0.15, -0.1) is 0 Å². The van der Waals surface area contributed by atoms with Crippen LogP contribution in [0.1, 0.15) is 33.5 Å². The predicted octanol–water partition coefficient (Wildman–Crippen LogP) is 1.93. The van der Waals surface area contributed by atoms with E-state index in [4.69, 9.17) is 4.74 Å². The van der Waals surface area contributed by atoms with E-state index >= 15 is 0 Å². The number of carboxylic acids is 1. The number of hydrogen-bond donors (Lipinski definition) is 3. The number of nitrogens with one attached hydrogen (secondary N) is 2. The molecule has 148 valence electrons. The van der Waals surface area contributed by atoms with Crippen molar-refractivity contribution in [3.05, 3.63) is 93.7 Å². The minimum atomic E-state index is -1.25. The van der Waals surface area contributed by atoms with Gasteiger partial charge in [-0.05, 0) is 23.3 Å². The van der Waals surface area contributed by atoms with Crippen molar-refractivity contribution >= 4 is 11.9 Å². The number of H-pyrrole nitrogens is 1. The Kier molecular flexibility index (Phi) is 6.03. The highest BCUT2D eigenvalue weighted by atomic mass is 16.5. The molecule has 8 nitrogen and oxygen atoms in total. The predicted molar refractivity (Wildman–Crippen MR) is 105 cm³/mol. The van der Waals surface area contributed by atoms with Gasteiger partial charge < -0.3 is 20.1 Å². The average Bonchev–Trinajstić information content (AvgIpc) is 2.72. The molecule has 1 aromatic heterocycles. The second-order valence-electron chi connectivity index (χ2n) is 6.26. The second-order valence-corrected chi connectivity index (χ2v) is 6.26. The van der Waals surface area contributed by atoms with Crippen molar-refractivity contribution in [1.82, 2.24) is 15.3 Å². The molecule has 1 unspecified atom stereocenters. The van der Waals surface area contributed by atoms with E-state index in [1.54, 1.807) is 49.6 Å². The molecule has 3 N–H and O–H groups in total. The third-order valence-corrected chi connectivity index (χ3v) is 4.21. The van der Waals surface area contributed by atoms with Gasteiger partial charge in [0, 0.05) is 12.5 Å². The number of carbonyl (C=O) groups excluding carboxylic acids is 1. The molecule has 0 saturated carbocycles. The lowest BCUT2D eigenvalue weighted by atomic mass is 10.1. The van der Waals surface area contributed by atoms with E-state index in [-0.39, 0.29) is 5.69 Å². The van der Waals surface area contributed by atoms with E-state index in [2.05, 4.69) is 15.3 Å². The number of amides is 1. The van der Waals surface area contributed by atoms with Crippen molar-refractivity contribution in [2.24, 2.45) is 0 Å². The lowest BCUT2D eigenvalue weighted by molar-refractivity contribution is -0.139. The fourth-order valence-corrected chi connectivity index (χ4v) is 2.78. The van der Waals surface area contributed by atoms with Crippen molar-refractivity contribution in [3.63, 3.8) is 0 Å². The van der Waals surface area contributed by atoms with Gasteiger partial charge in [-0.25, -0.2) is 9.78 Å². The number of aromatic nitrogens is 2. The normalized spacial score (nSPS) is 11.5. The summed E-state index contributed by atoms with van der Waals surface area (Å²) in [6.45, 7) is 0. The molecule has 0 radical (unpaired) electrons. The van der Waals surface area contributed by atoms with Gasteiger partial charge in [0.15, 0.2) is 6.04 Å². The van der Waals surface area contributed by atoms with Gasteiger partial charge in [-0.2, -0.15) is 0 Å². The van der Waals surface area contributed by atoms with Gasteiger partial charge in [-0.1, -0.05) is 42.5 Å². The molecule has 3 rings (SSSR count). The minimum absolute atomic E-state index is 0.153. The van der Waals surface area contributed by atoms with Gasteiger partial charge in [0.1, 0.15) is 17.3 Å². The number of benzene rings is 2. The molecule has 1 atom stereocenters. The lowest BCUT2D eigenvalue weighted by Gasteiger charge is -2.14. The number of hydrogen-bond acceptors (Lipinski definition) is 5. The first-order chi connectivity index (χ1) is 14.0. The topological polar surface area (TPSA) is 121 Å². The molecule has 0 bridgehead atoms. The van der Waals surface area contributed by atoms with Crippen molar-refractivity contribution < 1.29 is 19.4 Å². The zero-order valence-electron chi connectivity index (χ0n) is 15.6. The Morgan fingerprint density at radius 2 is 1.83 bits per heavy atom. The summed E-state index contributed by atoms with van der Waals surface area (Å²) in [6, 6.07) is 15.3. The van der Waals surface area contributed by atoms with E-state index in [9.17, 15) is 19.5 Å². The van der Waals surface area contributed by atoms with Crippen molar-refractivity contribution in [3.8, 4) is 5.75 Å². The van der Waals surface area contributed by atoms with E-state index in [1.165, 1.54) is 0 Å². The fourth-order valence-electron chi connectivity index (χ4n) is 2.78. The van der Waals surface area contributed by atoms with Gasteiger partial charge in [0.2, 0.25) is 0 Å². The maximum atomic E-state index is 12.6. The largest absolute Gasteiger partial charge is 0.497 e. The van der Waals surface area contributed by atoms with Crippen LogP contribution in [0.15, 0.2) is 65.5 Å². The maximum absolute atomic E-state index is 12.6. The molecule has 0 fully saturated rings. The number of rotatable bonds is 7. The molecule has 2 aromatic carbocycles. The number of carboxylic acid groups (broad SMARTS) is 1. The van der Waals surface area contributed by atoms with Gasteiger partial charge in [0.25, 0.3) is 11.5 Å². The van der Waals surface area contributed by atoms with Crippen LogP contribution in [-0.4, -0.2) is 34.1 Å². The Labute approximate surface area is 166 Å². The molecular formula is C21H19N3O5. The Balaban J connectivity index is 1.81. The first-order valence-electron chi connectivity index (χ1n) is 8.78. The summed E-state index contributed by atoms with van der Waals surface area (Å²) in [5.41, 5.74) is 0.621. The highest BCUT2D eigenvalue weighted by Gasteiger charge is 2.23. The summed E-state index contributed by atoms with van der Waals surface area (Å²) in [5, 5.41) is 11.9. The van der Waals surface area contributed by atoms with E-state index in [0.717, 1.165) is 11.6 Å². The minimum Gasteiger partial charge on any atom is -0.497 e. The van der Waals surface area contributed by atoms with E-state index < -0.39 is 23.5 Å². The number of aliphatic carboxylic acids is 1. The summed E-state index contributed by atoms with van der Waals surface area (Å²) < 4.78 is 5.11. The van der Waals surface area contributed by atoms with Crippen LogP contribution in [0.25, 0.3) is 0 Å². The van der Waals surface area contributed by atoms with Crippen LogP contribution in [0.2, 0.25) is 0 Å². The molecule has 1 amide bonds. The van der Waals surface area contributed by atoms with Crippen LogP contribution < -0.4 is 15.6 Å². The maximum Gasteiger partial charge on any atom is 0.330 e. The smallest absolute Gasteiger partial charge is 0.330 e. The Morgan fingerprint density at radius 1 is 1.14 bits per heavy atom. The number of methoxy groups -OCH3 is 1. The zero-order valence-corrected chi connectivity index (χ0v) is 15.6. The first-order valence-corrected chi connectivity index (χ1v) is 8.78. The SMILES string of the molecule is COc1ccc(Cc2nc(C(=O)NC(C(=O)O)c3ccccc3)cc(=O)[nH]2)cc1. The molecule has 0 spiro atoms. The number of carbonyl (C=O) groups is 2. The standard InChI is InChI=1S/C21H19N3O5/c1-29-15-9-7-13(8-10-15)11-17-22-16(12-18(25)23-17)20(26)24-19(21(27)28)14-5-3-2-4-6-14/h2-10,12,19H,11H2,1H3,(H,24,26)(H,27,28)(H,22,23,25). The summed E-state index contributed by atoms with van der Waals surface area (Å²) in [6.07, 6.45) is 0.293. The first kappa shape index (κ1) is 19.8. The summed E-state index contributed by atoms with van der Waals surface area (Å²) in [5.74, 6) is -0.973. The number of ether oxygens (including phenoxy) is 1. The highest BCUT2D eigenvalue weighted by Crippen LogP contribution is 2.15. The monoisotopic (exact) mass is 393 g/mol. The molecule has 29 heavy (non-hydrogen) atoms. The molecular weight excluding hydrogens is 374 g/mol. The van der Waals surface area contributed by atoms with Crippen LogP contribution in [0, 0.1) is 0 Å². The molecule has 0 aliphatic rings. The Bertz CT molecular complexity index is 1060. The third kappa shape index (κ3) is 5.07. The van der Waals surface area contributed by atoms with Crippen LogP contribution in [0.4, 0.5) is 0 Å². The molecule has 0 aliphatic heterocycles. The summed E-state index contributed by atoms with van der Waals surface area (Å²) >= 11 is 0. The van der Waals surface area contributed by atoms with Crippen LogP contribution >= 0.6 is 0 Å². The summed E-state index contributed by atoms with van der Waals surface area (Å²) in [4.78, 5) is 42.9. The van der Waals surface area contributed by atoms with Crippen molar-refractivity contribution in [2.75, 3.05) is 7.11 Å². The number of nitrogens with zero attached hydrogens (tertiary/aromatic N) is 1. The van der Waals surface area contributed by atoms with Crippen LogP contribution in [0.3, 0.4) is 0 Å². The zero-order chi connectivity index (χ0) is 20.8. The lowest BCUT2D eigenvalue weighted by Crippen LogP contribution is -2.35. The molecule has 1 heterocycles. The fraction of sp³-hybridized carbons (Fsp3) is 0.143. The molecule has 8 heteroatoms. The molecule has 3 aromatic rings. The summed E-state index contributed by atoms with van der Waals surface area (Å²) in [7, 11) is 1.57. The average molecular weight is 393 g/mol. The second kappa shape index (κ2) is 8.83. The third-order valence-electron chi connectivity index (χ3n) is 4.21.